The van der Waals surface area contributed by atoms with Crippen LogP contribution in [0.3, 0.4) is 0 Å². The van der Waals surface area contributed by atoms with Crippen LogP contribution in [0.4, 0.5) is 27.6 Å². The summed E-state index contributed by atoms with van der Waals surface area (Å²) in [5.74, 6) is -11.4. The lowest BCUT2D eigenvalue weighted by Crippen LogP contribution is -2.36. The van der Waals surface area contributed by atoms with Gasteiger partial charge in [-0.25, -0.2) is 22.0 Å². The Balaban J connectivity index is 2.32. The van der Waals surface area contributed by atoms with E-state index in [1.54, 1.807) is 5.32 Å². The van der Waals surface area contributed by atoms with E-state index in [0.29, 0.717) is 19.4 Å². The van der Waals surface area contributed by atoms with Gasteiger partial charge in [-0.15, -0.1) is 0 Å². The molecule has 0 saturated carbocycles. The second kappa shape index (κ2) is 5.12. The maximum Gasteiger partial charge on any atom is 0.241 e. The van der Waals surface area contributed by atoms with Crippen LogP contribution in [-0.4, -0.2) is 18.5 Å². The first-order valence-electron chi connectivity index (χ1n) is 5.49. The Hall–Kier alpha value is -1.70. The maximum atomic E-state index is 13.3. The van der Waals surface area contributed by atoms with Gasteiger partial charge in [0.2, 0.25) is 11.7 Å². The fourth-order valence-corrected chi connectivity index (χ4v) is 1.83. The van der Waals surface area contributed by atoms with E-state index in [1.165, 1.54) is 0 Å². The Morgan fingerprint density at radius 2 is 1.53 bits per heavy atom. The minimum Gasteiger partial charge on any atom is -0.320 e. The van der Waals surface area contributed by atoms with Gasteiger partial charge in [-0.1, -0.05) is 0 Å². The number of hydrogen-bond donors (Lipinski definition) is 2. The summed E-state index contributed by atoms with van der Waals surface area (Å²) in [5, 5.41) is 4.47. The highest BCUT2D eigenvalue weighted by molar-refractivity contribution is 5.95. The zero-order valence-electron chi connectivity index (χ0n) is 9.50. The van der Waals surface area contributed by atoms with E-state index in [1.807, 2.05) is 0 Å². The largest absolute Gasteiger partial charge is 0.320 e. The molecular weight excluding hydrogens is 271 g/mol. The quantitative estimate of drug-likeness (QED) is 0.494. The van der Waals surface area contributed by atoms with Crippen molar-refractivity contribution in [2.45, 2.75) is 18.9 Å². The smallest absolute Gasteiger partial charge is 0.241 e. The van der Waals surface area contributed by atoms with Crippen molar-refractivity contribution in [2.24, 2.45) is 0 Å². The molecule has 0 aromatic heterocycles. The number of hydrogen-bond acceptors (Lipinski definition) is 2. The van der Waals surface area contributed by atoms with Crippen LogP contribution in [0.5, 0.6) is 0 Å². The van der Waals surface area contributed by atoms with Gasteiger partial charge >= 0.3 is 0 Å². The van der Waals surface area contributed by atoms with Gasteiger partial charge in [0, 0.05) is 0 Å². The van der Waals surface area contributed by atoms with Gasteiger partial charge in [-0.3, -0.25) is 4.79 Å². The van der Waals surface area contributed by atoms with Crippen molar-refractivity contribution in [1.29, 1.82) is 0 Å². The van der Waals surface area contributed by atoms with Gasteiger partial charge in [-0.05, 0) is 19.4 Å². The normalized spacial score (nSPS) is 18.7. The second-order valence-electron chi connectivity index (χ2n) is 4.08. The number of amides is 1. The van der Waals surface area contributed by atoms with E-state index in [4.69, 9.17) is 0 Å². The van der Waals surface area contributed by atoms with Gasteiger partial charge in [0.15, 0.2) is 23.3 Å². The lowest BCUT2D eigenvalue weighted by molar-refractivity contribution is -0.117. The van der Waals surface area contributed by atoms with E-state index in [0.717, 1.165) is 0 Å². The third-order valence-electron chi connectivity index (χ3n) is 2.83. The van der Waals surface area contributed by atoms with Crippen LogP contribution < -0.4 is 10.6 Å². The van der Waals surface area contributed by atoms with Crippen LogP contribution >= 0.6 is 0 Å². The first-order valence-corrected chi connectivity index (χ1v) is 5.49. The van der Waals surface area contributed by atoms with Gasteiger partial charge < -0.3 is 10.6 Å². The minimum atomic E-state index is -2.26. The number of benzene rings is 1. The van der Waals surface area contributed by atoms with Crippen molar-refractivity contribution in [3.8, 4) is 0 Å². The Bertz CT molecular complexity index is 499. The van der Waals surface area contributed by atoms with Crippen molar-refractivity contribution in [3.05, 3.63) is 29.1 Å². The number of anilines is 1. The Morgan fingerprint density at radius 1 is 1.00 bits per heavy atom. The molecule has 1 aliphatic rings. The second-order valence-corrected chi connectivity index (χ2v) is 4.08. The summed E-state index contributed by atoms with van der Waals surface area (Å²) in [5.41, 5.74) is -1.32. The van der Waals surface area contributed by atoms with Gasteiger partial charge in [-0.2, -0.15) is 0 Å². The van der Waals surface area contributed by atoms with Gasteiger partial charge in [0.1, 0.15) is 5.69 Å². The van der Waals surface area contributed by atoms with Crippen molar-refractivity contribution >= 4 is 11.6 Å². The molecule has 3 nitrogen and oxygen atoms in total. The monoisotopic (exact) mass is 280 g/mol. The molecule has 0 unspecified atom stereocenters. The first-order chi connectivity index (χ1) is 8.93. The Labute approximate surface area is 104 Å². The molecule has 1 atom stereocenters. The number of rotatable bonds is 2. The molecule has 1 aromatic rings. The minimum absolute atomic E-state index is 0.432. The highest BCUT2D eigenvalue weighted by Gasteiger charge is 2.29. The topological polar surface area (TPSA) is 41.1 Å². The van der Waals surface area contributed by atoms with Crippen molar-refractivity contribution in [1.82, 2.24) is 5.32 Å². The molecule has 1 fully saturated rings. The average Bonchev–Trinajstić information content (AvgIpc) is 2.93. The number of carbonyl (C=O) groups excluding carboxylic acids is 1. The molecule has 2 rings (SSSR count). The predicted molar refractivity (Wildman–Crippen MR) is 55.9 cm³/mol. The molecule has 104 valence electrons. The highest BCUT2D eigenvalue weighted by atomic mass is 19.2. The number of nitrogens with one attached hydrogen (secondary N) is 2. The summed E-state index contributed by atoms with van der Waals surface area (Å²) in [7, 11) is 0. The molecule has 1 aliphatic heterocycles. The third kappa shape index (κ3) is 2.40. The summed E-state index contributed by atoms with van der Waals surface area (Å²) in [6.45, 7) is 0.551. The van der Waals surface area contributed by atoms with E-state index in [-0.39, 0.29) is 0 Å². The Morgan fingerprint density at radius 3 is 2.00 bits per heavy atom. The van der Waals surface area contributed by atoms with E-state index < -0.39 is 46.7 Å². The van der Waals surface area contributed by atoms with Crippen LogP contribution in [-0.2, 0) is 4.79 Å². The molecule has 1 aromatic carbocycles. The van der Waals surface area contributed by atoms with Crippen molar-refractivity contribution < 1.29 is 26.7 Å². The summed E-state index contributed by atoms with van der Waals surface area (Å²) < 4.78 is 65.2. The fourth-order valence-electron chi connectivity index (χ4n) is 1.83. The standard InChI is InChI=1S/C11H9F5N2O/c12-5-6(13)8(15)10(9(16)7(5)14)18-11(19)4-2-1-3-17-4/h4,17H,1-3H2,(H,18,19)/t4-/m0/s1. The summed E-state index contributed by atoms with van der Waals surface area (Å²) >= 11 is 0. The summed E-state index contributed by atoms with van der Waals surface area (Å²) in [6.07, 6.45) is 1.12. The van der Waals surface area contributed by atoms with Gasteiger partial charge in [0.05, 0.1) is 6.04 Å². The first kappa shape index (κ1) is 13.7. The molecule has 0 aliphatic carbocycles. The van der Waals surface area contributed by atoms with E-state index in [2.05, 4.69) is 5.32 Å². The van der Waals surface area contributed by atoms with Crippen molar-refractivity contribution in [3.63, 3.8) is 0 Å². The maximum absolute atomic E-state index is 13.3. The zero-order valence-corrected chi connectivity index (χ0v) is 9.50. The van der Waals surface area contributed by atoms with Crippen LogP contribution in [0.2, 0.25) is 0 Å². The summed E-state index contributed by atoms with van der Waals surface area (Å²) in [6, 6.07) is -0.699. The molecule has 8 heteroatoms. The number of carbonyl (C=O) groups is 1. The SMILES string of the molecule is O=C(Nc1c(F)c(F)c(F)c(F)c1F)[C@@H]1CCCN1. The molecule has 2 N–H and O–H groups in total. The van der Waals surface area contributed by atoms with Crippen LogP contribution in [0.1, 0.15) is 12.8 Å². The molecular formula is C11H9F5N2O. The molecule has 0 bridgehead atoms. The zero-order chi connectivity index (χ0) is 14.2. The van der Waals surface area contributed by atoms with Crippen LogP contribution in [0, 0.1) is 29.1 Å². The van der Waals surface area contributed by atoms with E-state index >= 15 is 0 Å². The Kier molecular flexibility index (Phi) is 3.70. The number of halogens is 5. The molecule has 1 saturated heterocycles. The van der Waals surface area contributed by atoms with E-state index in [9.17, 15) is 26.7 Å². The lowest BCUT2D eigenvalue weighted by Gasteiger charge is -2.13. The average molecular weight is 280 g/mol. The molecule has 0 spiro atoms. The predicted octanol–water partition coefficient (Wildman–Crippen LogP) is 2.07. The fraction of sp³-hybridized carbons (Fsp3) is 0.364. The van der Waals surface area contributed by atoms with Crippen LogP contribution in [0.15, 0.2) is 0 Å². The van der Waals surface area contributed by atoms with Gasteiger partial charge in [0.25, 0.3) is 0 Å². The molecule has 1 amide bonds. The highest BCUT2D eigenvalue weighted by Crippen LogP contribution is 2.27. The third-order valence-corrected chi connectivity index (χ3v) is 2.83. The summed E-state index contributed by atoms with van der Waals surface area (Å²) in [4.78, 5) is 11.6. The lowest BCUT2D eigenvalue weighted by atomic mass is 10.2. The molecule has 0 radical (unpaired) electrons. The molecule has 1 heterocycles. The van der Waals surface area contributed by atoms with Crippen LogP contribution in [0.25, 0.3) is 0 Å². The molecule has 19 heavy (non-hydrogen) atoms. The van der Waals surface area contributed by atoms with Crippen molar-refractivity contribution in [2.75, 3.05) is 11.9 Å².